The molecule has 0 spiro atoms. The molecule has 0 amide bonds. The van der Waals surface area contributed by atoms with Crippen LogP contribution in [0.5, 0.6) is 5.75 Å². The Balaban J connectivity index is 2.15. The van der Waals surface area contributed by atoms with E-state index >= 15 is 0 Å². The van der Waals surface area contributed by atoms with E-state index in [1.807, 2.05) is 4.90 Å². The summed E-state index contributed by atoms with van der Waals surface area (Å²) in [7, 11) is -5.86. The van der Waals surface area contributed by atoms with Gasteiger partial charge in [0.1, 0.15) is 0 Å². The fourth-order valence-corrected chi connectivity index (χ4v) is 4.58. The van der Waals surface area contributed by atoms with Gasteiger partial charge in [0.15, 0.2) is 11.9 Å². The van der Waals surface area contributed by atoms with Crippen molar-refractivity contribution in [2.45, 2.75) is 71.6 Å². The van der Waals surface area contributed by atoms with E-state index in [4.69, 9.17) is 4.74 Å². The van der Waals surface area contributed by atoms with Gasteiger partial charge in [-0.2, -0.15) is 21.6 Å². The molecular weight excluding hydrogens is 527 g/mol. The lowest BCUT2D eigenvalue weighted by molar-refractivity contribution is -0.160. The number of nitrogens with zero attached hydrogens (tertiary/aromatic N) is 3. The summed E-state index contributed by atoms with van der Waals surface area (Å²) in [6.45, 7) is 12.5. The third kappa shape index (κ3) is 6.73. The molecule has 2 aromatic rings. The summed E-state index contributed by atoms with van der Waals surface area (Å²) in [5.41, 5.74) is -4.27. The number of anilines is 1. The molecule has 1 N–H and O–H groups in total. The summed E-state index contributed by atoms with van der Waals surface area (Å²) >= 11 is 0. The number of ether oxygens (including phenoxy) is 1. The van der Waals surface area contributed by atoms with Gasteiger partial charge in [0, 0.05) is 36.1 Å². The quantitative estimate of drug-likeness (QED) is 0.358. The molecule has 13 heteroatoms. The lowest BCUT2D eigenvalue weighted by Gasteiger charge is -2.40. The molecule has 1 atom stereocenters. The van der Waals surface area contributed by atoms with Crippen LogP contribution in [0.3, 0.4) is 0 Å². The summed E-state index contributed by atoms with van der Waals surface area (Å²) in [5.74, 6) is -1.82. The highest BCUT2D eigenvalue weighted by atomic mass is 32.2. The van der Waals surface area contributed by atoms with Crippen LogP contribution in [0.4, 0.5) is 18.9 Å². The average molecular weight is 560 g/mol. The third-order valence-electron chi connectivity index (χ3n) is 6.18. The molecule has 1 aliphatic rings. The zero-order valence-electron chi connectivity index (χ0n) is 22.1. The number of hydrogen-bond donors (Lipinski definition) is 1. The van der Waals surface area contributed by atoms with Gasteiger partial charge >= 0.3 is 21.6 Å². The van der Waals surface area contributed by atoms with Crippen LogP contribution in [0.2, 0.25) is 0 Å². The summed E-state index contributed by atoms with van der Waals surface area (Å²) < 4.78 is 71.0. The normalized spacial score (nSPS) is 17.2. The van der Waals surface area contributed by atoms with E-state index in [0.29, 0.717) is 35.6 Å². The lowest BCUT2D eigenvalue weighted by atomic mass is 9.82. The number of pyridine rings is 2. The molecule has 1 saturated heterocycles. The van der Waals surface area contributed by atoms with Crippen LogP contribution in [-0.2, 0) is 19.6 Å². The van der Waals surface area contributed by atoms with Crippen molar-refractivity contribution in [3.05, 3.63) is 35.8 Å². The van der Waals surface area contributed by atoms with Gasteiger partial charge in [-0.3, -0.25) is 9.97 Å². The summed E-state index contributed by atoms with van der Waals surface area (Å²) in [6, 6.07) is 2.35. The van der Waals surface area contributed by atoms with Crippen molar-refractivity contribution in [1.29, 1.82) is 0 Å². The van der Waals surface area contributed by atoms with Crippen molar-refractivity contribution in [2.24, 2.45) is 5.41 Å². The van der Waals surface area contributed by atoms with Crippen molar-refractivity contribution in [3.8, 4) is 17.0 Å². The summed E-state index contributed by atoms with van der Waals surface area (Å²) in [6.07, 6.45) is 2.69. The first kappa shape index (κ1) is 29.6. The molecule has 0 bridgehead atoms. The summed E-state index contributed by atoms with van der Waals surface area (Å²) in [4.78, 5) is 23.0. The molecule has 1 unspecified atom stereocenters. The number of aryl methyl sites for hydroxylation is 1. The minimum atomic E-state index is -5.86. The highest BCUT2D eigenvalue weighted by Gasteiger charge is 2.48. The fraction of sp³-hybridized carbons (Fsp3) is 0.560. The smallest absolute Gasteiger partial charge is 0.479 e. The van der Waals surface area contributed by atoms with Crippen LogP contribution in [0, 0.1) is 12.3 Å². The second kappa shape index (κ2) is 10.3. The van der Waals surface area contributed by atoms with Crippen molar-refractivity contribution in [1.82, 2.24) is 9.97 Å². The van der Waals surface area contributed by atoms with Gasteiger partial charge in [0.25, 0.3) is 0 Å². The predicted octanol–water partition coefficient (Wildman–Crippen LogP) is 5.25. The molecule has 0 radical (unpaired) electrons. The number of aliphatic carboxylic acids is 1. The SMILES string of the molecule is Cc1ncc(-c2ccc(OS(=O)(=O)C(F)(F)F)cn2)c(N2CCC(C)(C)CC2)c1C(OC(C)(C)C)C(=O)O. The van der Waals surface area contributed by atoms with Crippen LogP contribution in [0.25, 0.3) is 11.3 Å². The van der Waals surface area contributed by atoms with Gasteiger partial charge in [-0.1, -0.05) is 13.8 Å². The molecule has 2 aromatic heterocycles. The number of halogens is 3. The summed E-state index contributed by atoms with van der Waals surface area (Å²) in [5, 5.41) is 10.1. The molecule has 3 rings (SSSR count). The highest BCUT2D eigenvalue weighted by molar-refractivity contribution is 7.88. The van der Waals surface area contributed by atoms with Crippen molar-refractivity contribution < 1.29 is 40.4 Å². The number of carboxylic acids is 1. The zero-order valence-corrected chi connectivity index (χ0v) is 22.9. The molecule has 1 fully saturated rings. The molecule has 38 heavy (non-hydrogen) atoms. The highest BCUT2D eigenvalue weighted by Crippen LogP contribution is 2.43. The van der Waals surface area contributed by atoms with E-state index in [0.717, 1.165) is 25.1 Å². The van der Waals surface area contributed by atoms with Gasteiger partial charge in [0.2, 0.25) is 0 Å². The molecule has 0 aliphatic carbocycles. The third-order valence-corrected chi connectivity index (χ3v) is 7.16. The maximum atomic E-state index is 12.7. The van der Waals surface area contributed by atoms with Gasteiger partial charge in [-0.05, 0) is 58.1 Å². The first-order valence-corrected chi connectivity index (χ1v) is 13.3. The Morgan fingerprint density at radius 3 is 2.18 bits per heavy atom. The second-order valence-corrected chi connectivity index (χ2v) is 12.5. The van der Waals surface area contributed by atoms with Crippen molar-refractivity contribution >= 4 is 21.8 Å². The molecule has 9 nitrogen and oxygen atoms in total. The number of hydrogen-bond acceptors (Lipinski definition) is 8. The van der Waals surface area contributed by atoms with Crippen LogP contribution < -0.4 is 9.08 Å². The maximum absolute atomic E-state index is 12.7. The molecule has 0 saturated carbocycles. The Bertz CT molecular complexity index is 1280. The van der Waals surface area contributed by atoms with E-state index < -0.39 is 39.1 Å². The largest absolute Gasteiger partial charge is 0.534 e. The standard InChI is InChI=1S/C25H32F3N3O6S/c1-15-19(21(22(32)33)36-23(2,3)4)20(31-11-9-24(5,6)10-12-31)17(14-29-15)18-8-7-16(13-30-18)37-38(34,35)25(26,27)28/h7-8,13-14,21H,9-12H2,1-6H3,(H,32,33). The molecule has 1 aliphatic heterocycles. The number of alkyl halides is 3. The first-order chi connectivity index (χ1) is 17.3. The van der Waals surface area contributed by atoms with Crippen molar-refractivity contribution in [3.63, 3.8) is 0 Å². The molecule has 210 valence electrons. The van der Waals surface area contributed by atoms with Gasteiger partial charge in [-0.25, -0.2) is 4.79 Å². The Hall–Kier alpha value is -2.93. The van der Waals surface area contributed by atoms with Crippen LogP contribution in [-0.4, -0.2) is 53.7 Å². The Morgan fingerprint density at radius 1 is 1.11 bits per heavy atom. The van der Waals surface area contributed by atoms with Crippen LogP contribution >= 0.6 is 0 Å². The molecular formula is C25H32F3N3O6S. The van der Waals surface area contributed by atoms with E-state index in [9.17, 15) is 31.5 Å². The average Bonchev–Trinajstić information content (AvgIpc) is 2.76. The minimum absolute atomic E-state index is 0.0915. The maximum Gasteiger partial charge on any atom is 0.534 e. The van der Waals surface area contributed by atoms with Gasteiger partial charge in [-0.15, -0.1) is 0 Å². The van der Waals surface area contributed by atoms with E-state index in [1.165, 1.54) is 12.3 Å². The number of aromatic nitrogens is 2. The number of carbonyl (C=O) groups is 1. The van der Waals surface area contributed by atoms with Crippen molar-refractivity contribution in [2.75, 3.05) is 18.0 Å². The van der Waals surface area contributed by atoms with Gasteiger partial charge in [0.05, 0.1) is 23.2 Å². The second-order valence-electron chi connectivity index (χ2n) is 11.0. The first-order valence-electron chi connectivity index (χ1n) is 11.9. The Kier molecular flexibility index (Phi) is 8.05. The number of piperidine rings is 1. The van der Waals surface area contributed by atoms with E-state index in [2.05, 4.69) is 28.0 Å². The van der Waals surface area contributed by atoms with E-state index in [1.54, 1.807) is 27.7 Å². The lowest BCUT2D eigenvalue weighted by Crippen LogP contribution is -2.39. The van der Waals surface area contributed by atoms with Crippen LogP contribution in [0.1, 0.15) is 64.8 Å². The Labute approximate surface area is 220 Å². The Morgan fingerprint density at radius 2 is 1.71 bits per heavy atom. The predicted molar refractivity (Wildman–Crippen MR) is 134 cm³/mol. The zero-order chi connectivity index (χ0) is 28.7. The number of carboxylic acid groups (broad SMARTS) is 1. The monoisotopic (exact) mass is 559 g/mol. The molecule has 3 heterocycles. The minimum Gasteiger partial charge on any atom is -0.479 e. The van der Waals surface area contributed by atoms with Gasteiger partial charge < -0.3 is 18.9 Å². The number of rotatable bonds is 7. The molecule has 0 aromatic carbocycles. The topological polar surface area (TPSA) is 119 Å². The van der Waals surface area contributed by atoms with Crippen LogP contribution in [0.15, 0.2) is 24.5 Å². The van der Waals surface area contributed by atoms with E-state index in [-0.39, 0.29) is 11.1 Å². The fourth-order valence-electron chi connectivity index (χ4n) is 4.14.